The Morgan fingerprint density at radius 2 is 2.17 bits per heavy atom. The molecule has 0 saturated carbocycles. The number of phenolic OH excluding ortho intramolecular Hbond substituents is 1. The third-order valence-electron chi connectivity index (χ3n) is 2.48. The Morgan fingerprint density at radius 1 is 1.39 bits per heavy atom. The van der Waals surface area contributed by atoms with Crippen LogP contribution in [0.4, 0.5) is 5.69 Å². The summed E-state index contributed by atoms with van der Waals surface area (Å²) in [6.45, 7) is 1.85. The van der Waals surface area contributed by atoms with E-state index in [0.29, 0.717) is 11.3 Å². The van der Waals surface area contributed by atoms with Gasteiger partial charge < -0.3 is 10.4 Å². The van der Waals surface area contributed by atoms with Gasteiger partial charge in [-0.2, -0.15) is 0 Å². The number of benzene rings is 1. The standard InChI is InChI=1S/C13H11ClN2O2/c1-8-7-15-5-4-11(8)16-13(18)9-2-3-12(17)10(14)6-9/h2-7,17H,1H3,(H,15,16,18). The zero-order valence-corrected chi connectivity index (χ0v) is 10.4. The van der Waals surface area contributed by atoms with Crippen molar-refractivity contribution in [3.63, 3.8) is 0 Å². The molecule has 18 heavy (non-hydrogen) atoms. The summed E-state index contributed by atoms with van der Waals surface area (Å²) in [6, 6.07) is 6.03. The molecule has 5 heteroatoms. The molecule has 4 nitrogen and oxygen atoms in total. The molecule has 0 atom stereocenters. The highest BCUT2D eigenvalue weighted by Gasteiger charge is 2.09. The second-order valence-corrected chi connectivity index (χ2v) is 4.22. The Morgan fingerprint density at radius 3 is 2.83 bits per heavy atom. The van der Waals surface area contributed by atoms with Crippen molar-refractivity contribution in [2.75, 3.05) is 5.32 Å². The predicted molar refractivity (Wildman–Crippen MR) is 70.0 cm³/mol. The molecule has 2 rings (SSSR count). The number of nitrogens with one attached hydrogen (secondary N) is 1. The molecule has 1 heterocycles. The minimum atomic E-state index is -0.286. The van der Waals surface area contributed by atoms with Crippen LogP contribution in [-0.4, -0.2) is 16.0 Å². The van der Waals surface area contributed by atoms with Crippen LogP contribution >= 0.6 is 11.6 Å². The van der Waals surface area contributed by atoms with Crippen LogP contribution in [0, 0.1) is 6.92 Å². The van der Waals surface area contributed by atoms with Crippen LogP contribution in [0.2, 0.25) is 5.02 Å². The summed E-state index contributed by atoms with van der Waals surface area (Å²) in [4.78, 5) is 15.9. The lowest BCUT2D eigenvalue weighted by molar-refractivity contribution is 0.102. The lowest BCUT2D eigenvalue weighted by Crippen LogP contribution is -2.12. The lowest BCUT2D eigenvalue weighted by Gasteiger charge is -2.08. The summed E-state index contributed by atoms with van der Waals surface area (Å²) in [5, 5.41) is 12.2. The van der Waals surface area contributed by atoms with Gasteiger partial charge in [0.05, 0.1) is 5.02 Å². The maximum Gasteiger partial charge on any atom is 0.255 e. The van der Waals surface area contributed by atoms with Gasteiger partial charge in [-0.1, -0.05) is 11.6 Å². The predicted octanol–water partition coefficient (Wildman–Crippen LogP) is 3.00. The third-order valence-corrected chi connectivity index (χ3v) is 2.78. The zero-order chi connectivity index (χ0) is 13.1. The molecule has 2 N–H and O–H groups in total. The Bertz CT molecular complexity index is 599. The van der Waals surface area contributed by atoms with E-state index in [0.717, 1.165) is 5.56 Å². The van der Waals surface area contributed by atoms with E-state index in [1.807, 2.05) is 6.92 Å². The number of aromatic nitrogens is 1. The highest BCUT2D eigenvalue weighted by molar-refractivity contribution is 6.32. The number of pyridine rings is 1. The van der Waals surface area contributed by atoms with Gasteiger partial charge in [0.2, 0.25) is 0 Å². The highest BCUT2D eigenvalue weighted by Crippen LogP contribution is 2.24. The van der Waals surface area contributed by atoms with Crippen LogP contribution in [0.25, 0.3) is 0 Å². The summed E-state index contributed by atoms with van der Waals surface area (Å²) < 4.78 is 0. The van der Waals surface area contributed by atoms with Crippen molar-refractivity contribution in [3.8, 4) is 5.75 Å². The van der Waals surface area contributed by atoms with Crippen molar-refractivity contribution in [2.24, 2.45) is 0 Å². The van der Waals surface area contributed by atoms with Crippen molar-refractivity contribution in [2.45, 2.75) is 6.92 Å². The second kappa shape index (κ2) is 5.06. The molecule has 0 radical (unpaired) electrons. The van der Waals surface area contributed by atoms with E-state index in [-0.39, 0.29) is 16.7 Å². The fraction of sp³-hybridized carbons (Fsp3) is 0.0769. The van der Waals surface area contributed by atoms with Gasteiger partial charge in [-0.25, -0.2) is 0 Å². The normalized spacial score (nSPS) is 10.1. The Balaban J connectivity index is 2.22. The molecule has 0 aliphatic heterocycles. The highest BCUT2D eigenvalue weighted by atomic mass is 35.5. The summed E-state index contributed by atoms with van der Waals surface area (Å²) in [6.07, 6.45) is 3.27. The summed E-state index contributed by atoms with van der Waals surface area (Å²) in [5.41, 5.74) is 1.95. The Labute approximate surface area is 109 Å². The van der Waals surface area contributed by atoms with Crippen molar-refractivity contribution in [1.29, 1.82) is 0 Å². The van der Waals surface area contributed by atoms with Gasteiger partial charge >= 0.3 is 0 Å². The lowest BCUT2D eigenvalue weighted by atomic mass is 10.2. The van der Waals surface area contributed by atoms with Crippen LogP contribution in [0.15, 0.2) is 36.7 Å². The first-order valence-electron chi connectivity index (χ1n) is 5.28. The van der Waals surface area contributed by atoms with Gasteiger partial charge in [-0.3, -0.25) is 9.78 Å². The largest absolute Gasteiger partial charge is 0.506 e. The van der Waals surface area contributed by atoms with Crippen LogP contribution in [0.3, 0.4) is 0 Å². The molecule has 0 saturated heterocycles. The van der Waals surface area contributed by atoms with E-state index < -0.39 is 0 Å². The first-order chi connectivity index (χ1) is 8.58. The first-order valence-corrected chi connectivity index (χ1v) is 5.66. The zero-order valence-electron chi connectivity index (χ0n) is 9.64. The monoisotopic (exact) mass is 262 g/mol. The van der Waals surface area contributed by atoms with Crippen molar-refractivity contribution >= 4 is 23.2 Å². The van der Waals surface area contributed by atoms with E-state index in [9.17, 15) is 9.90 Å². The van der Waals surface area contributed by atoms with Crippen LogP contribution in [-0.2, 0) is 0 Å². The minimum absolute atomic E-state index is 0.0479. The number of aryl methyl sites for hydroxylation is 1. The van der Waals surface area contributed by atoms with Gasteiger partial charge in [0, 0.05) is 23.6 Å². The number of hydrogen-bond acceptors (Lipinski definition) is 3. The molecular weight excluding hydrogens is 252 g/mol. The van der Waals surface area contributed by atoms with Crippen LogP contribution in [0.5, 0.6) is 5.75 Å². The molecule has 92 valence electrons. The summed E-state index contributed by atoms with van der Waals surface area (Å²) in [7, 11) is 0. The summed E-state index contributed by atoms with van der Waals surface area (Å²) >= 11 is 5.75. The fourth-order valence-electron chi connectivity index (χ4n) is 1.46. The van der Waals surface area contributed by atoms with Crippen LogP contribution in [0.1, 0.15) is 15.9 Å². The SMILES string of the molecule is Cc1cnccc1NC(=O)c1ccc(O)c(Cl)c1. The average Bonchev–Trinajstić information content (AvgIpc) is 2.35. The maximum atomic E-state index is 12.0. The van der Waals surface area contributed by atoms with E-state index >= 15 is 0 Å². The van der Waals surface area contributed by atoms with E-state index in [2.05, 4.69) is 10.3 Å². The Hall–Kier alpha value is -2.07. The molecule has 0 fully saturated rings. The average molecular weight is 263 g/mol. The molecule has 1 aromatic carbocycles. The number of nitrogens with zero attached hydrogens (tertiary/aromatic N) is 1. The number of amides is 1. The molecule has 0 aliphatic rings. The van der Waals surface area contributed by atoms with E-state index in [1.54, 1.807) is 18.5 Å². The van der Waals surface area contributed by atoms with Gasteiger partial charge in [-0.05, 0) is 36.8 Å². The van der Waals surface area contributed by atoms with Crippen molar-refractivity contribution < 1.29 is 9.90 Å². The topological polar surface area (TPSA) is 62.2 Å². The number of anilines is 1. The van der Waals surface area contributed by atoms with E-state index in [4.69, 9.17) is 11.6 Å². The van der Waals surface area contributed by atoms with Gasteiger partial charge in [0.25, 0.3) is 5.91 Å². The molecule has 2 aromatic rings. The third kappa shape index (κ3) is 2.60. The molecule has 1 aromatic heterocycles. The minimum Gasteiger partial charge on any atom is -0.506 e. The second-order valence-electron chi connectivity index (χ2n) is 3.81. The smallest absolute Gasteiger partial charge is 0.255 e. The van der Waals surface area contributed by atoms with Gasteiger partial charge in [0.15, 0.2) is 0 Å². The molecule has 0 aliphatic carbocycles. The van der Waals surface area contributed by atoms with Crippen molar-refractivity contribution in [3.05, 3.63) is 52.8 Å². The summed E-state index contributed by atoms with van der Waals surface area (Å²) in [5.74, 6) is -0.334. The molecular formula is C13H11ClN2O2. The molecule has 0 spiro atoms. The molecule has 1 amide bonds. The number of carbonyl (C=O) groups is 1. The van der Waals surface area contributed by atoms with Gasteiger partial charge in [-0.15, -0.1) is 0 Å². The number of halogens is 1. The molecule has 0 unspecified atom stereocenters. The first kappa shape index (κ1) is 12.4. The Kier molecular flexibility index (Phi) is 3.48. The van der Waals surface area contributed by atoms with E-state index in [1.165, 1.54) is 18.2 Å². The number of hydrogen-bond donors (Lipinski definition) is 2. The van der Waals surface area contributed by atoms with Crippen LogP contribution < -0.4 is 5.32 Å². The number of aromatic hydroxyl groups is 1. The fourth-order valence-corrected chi connectivity index (χ4v) is 1.64. The van der Waals surface area contributed by atoms with Crippen molar-refractivity contribution in [1.82, 2.24) is 4.98 Å². The van der Waals surface area contributed by atoms with Gasteiger partial charge in [0.1, 0.15) is 5.75 Å². The molecule has 0 bridgehead atoms. The number of carbonyl (C=O) groups excluding carboxylic acids is 1. The quantitative estimate of drug-likeness (QED) is 0.875. The number of phenols is 1. The maximum absolute atomic E-state index is 12.0. The number of rotatable bonds is 2.